The molecule has 5 N–H and O–H groups in total. The molecule has 0 spiro atoms. The van der Waals surface area contributed by atoms with Gasteiger partial charge in [0.2, 0.25) is 23.6 Å². The lowest BCUT2D eigenvalue weighted by Crippen LogP contribution is -2.57. The maximum Gasteiger partial charge on any atom is 0.243 e. The molecule has 0 heterocycles. The standard InChI is InChI=1S/C33H39IN4O4S/c1-21(2)13-18-26(36-33(42)29(23-9-5-3-6-10-23)24-11-7-4-8-12-24)31(40)37-27(19-22-14-16-25(34)17-15-22)32(41)38-28(20-43)30(35)39/h3-12,14-17,21,26-29,43H,13,18-20H2,1-2H3,(H2,35,39)(H,36,42)(H,37,40)(H,38,41)/t26-,27-,28-/m0/s1. The van der Waals surface area contributed by atoms with Gasteiger partial charge < -0.3 is 21.7 Å². The Hall–Kier alpha value is -3.38. The highest BCUT2D eigenvalue weighted by Crippen LogP contribution is 2.25. The molecular formula is C33H39IN4O4S. The summed E-state index contributed by atoms with van der Waals surface area (Å²) in [5.41, 5.74) is 7.84. The second-order valence-corrected chi connectivity index (χ2v) is 12.4. The Morgan fingerprint density at radius 1 is 0.698 bits per heavy atom. The van der Waals surface area contributed by atoms with Crippen LogP contribution in [0.1, 0.15) is 49.3 Å². The van der Waals surface area contributed by atoms with Crippen LogP contribution in [0.25, 0.3) is 0 Å². The van der Waals surface area contributed by atoms with E-state index < -0.39 is 41.8 Å². The van der Waals surface area contributed by atoms with E-state index in [1.54, 1.807) is 0 Å². The van der Waals surface area contributed by atoms with Crippen LogP contribution in [0.3, 0.4) is 0 Å². The smallest absolute Gasteiger partial charge is 0.243 e. The molecule has 0 unspecified atom stereocenters. The third-order valence-corrected chi connectivity index (χ3v) is 8.11. The topological polar surface area (TPSA) is 130 Å². The van der Waals surface area contributed by atoms with Gasteiger partial charge in [0.15, 0.2) is 0 Å². The minimum absolute atomic E-state index is 0.0126. The average molecular weight is 715 g/mol. The fourth-order valence-corrected chi connectivity index (χ4v) is 5.26. The maximum atomic E-state index is 13.9. The van der Waals surface area contributed by atoms with E-state index in [1.165, 1.54) is 0 Å². The van der Waals surface area contributed by atoms with Gasteiger partial charge in [-0.3, -0.25) is 19.2 Å². The van der Waals surface area contributed by atoms with Crippen LogP contribution in [0, 0.1) is 9.49 Å². The van der Waals surface area contributed by atoms with Gasteiger partial charge in [-0.15, -0.1) is 0 Å². The number of primary amides is 1. The Morgan fingerprint density at radius 3 is 1.67 bits per heavy atom. The van der Waals surface area contributed by atoms with Crippen molar-refractivity contribution < 1.29 is 19.2 Å². The number of nitrogens with one attached hydrogen (secondary N) is 3. The summed E-state index contributed by atoms with van der Waals surface area (Å²) in [6.45, 7) is 4.09. The number of carbonyl (C=O) groups is 4. The van der Waals surface area contributed by atoms with Crippen molar-refractivity contribution in [1.82, 2.24) is 16.0 Å². The zero-order valence-corrected chi connectivity index (χ0v) is 27.4. The fourth-order valence-electron chi connectivity index (χ4n) is 4.63. The SMILES string of the molecule is CC(C)CC[C@H](NC(=O)C(c1ccccc1)c1ccccc1)C(=O)N[C@@H](Cc1ccc(I)cc1)C(=O)N[C@@H](CS)C(N)=O. The number of hydrogen-bond acceptors (Lipinski definition) is 5. The van der Waals surface area contributed by atoms with Crippen molar-refractivity contribution in [3.63, 3.8) is 0 Å². The lowest BCUT2D eigenvalue weighted by atomic mass is 9.90. The van der Waals surface area contributed by atoms with Crippen molar-refractivity contribution in [2.45, 2.75) is 57.2 Å². The molecular weight excluding hydrogens is 675 g/mol. The summed E-state index contributed by atoms with van der Waals surface area (Å²) in [7, 11) is 0. The summed E-state index contributed by atoms with van der Waals surface area (Å²) in [6, 6.07) is 23.5. The van der Waals surface area contributed by atoms with Gasteiger partial charge in [-0.1, -0.05) is 86.6 Å². The van der Waals surface area contributed by atoms with Crippen molar-refractivity contribution >= 4 is 58.8 Å². The molecule has 228 valence electrons. The van der Waals surface area contributed by atoms with Crippen LogP contribution >= 0.6 is 35.2 Å². The average Bonchev–Trinajstić information content (AvgIpc) is 2.99. The van der Waals surface area contributed by atoms with Crippen LogP contribution in [0.4, 0.5) is 0 Å². The largest absolute Gasteiger partial charge is 0.368 e. The first-order valence-electron chi connectivity index (χ1n) is 14.2. The van der Waals surface area contributed by atoms with Gasteiger partial charge in [0.25, 0.3) is 0 Å². The second kappa shape index (κ2) is 17.0. The molecule has 10 heteroatoms. The number of rotatable bonds is 15. The van der Waals surface area contributed by atoms with E-state index in [1.807, 2.05) is 98.8 Å². The summed E-state index contributed by atoms with van der Waals surface area (Å²) in [5, 5.41) is 8.44. The lowest BCUT2D eigenvalue weighted by molar-refractivity contribution is -0.133. The van der Waals surface area contributed by atoms with Gasteiger partial charge in [0, 0.05) is 15.7 Å². The van der Waals surface area contributed by atoms with E-state index in [0.29, 0.717) is 12.8 Å². The summed E-state index contributed by atoms with van der Waals surface area (Å²) in [6.07, 6.45) is 1.23. The number of amides is 4. The van der Waals surface area contributed by atoms with Crippen molar-refractivity contribution in [2.75, 3.05) is 5.75 Å². The highest BCUT2D eigenvalue weighted by molar-refractivity contribution is 14.1. The highest BCUT2D eigenvalue weighted by Gasteiger charge is 2.31. The number of nitrogens with two attached hydrogens (primary N) is 1. The van der Waals surface area contributed by atoms with Gasteiger partial charge in [0.05, 0.1) is 5.92 Å². The number of halogens is 1. The Balaban J connectivity index is 1.88. The minimum Gasteiger partial charge on any atom is -0.368 e. The molecule has 8 nitrogen and oxygen atoms in total. The van der Waals surface area contributed by atoms with E-state index in [4.69, 9.17) is 5.73 Å². The number of carbonyl (C=O) groups excluding carboxylic acids is 4. The van der Waals surface area contributed by atoms with Gasteiger partial charge in [-0.2, -0.15) is 12.6 Å². The van der Waals surface area contributed by atoms with Crippen molar-refractivity contribution in [3.8, 4) is 0 Å². The van der Waals surface area contributed by atoms with Crippen LogP contribution < -0.4 is 21.7 Å². The summed E-state index contributed by atoms with van der Waals surface area (Å²) < 4.78 is 1.03. The lowest BCUT2D eigenvalue weighted by Gasteiger charge is -2.26. The van der Waals surface area contributed by atoms with E-state index in [0.717, 1.165) is 20.3 Å². The molecule has 3 rings (SSSR count). The number of thiol groups is 1. The first kappa shape index (κ1) is 34.1. The molecule has 0 bridgehead atoms. The third-order valence-electron chi connectivity index (χ3n) is 7.02. The molecule has 0 aromatic heterocycles. The molecule has 3 aromatic rings. The third kappa shape index (κ3) is 10.7. The molecule has 0 aliphatic heterocycles. The molecule has 0 fully saturated rings. The molecule has 0 saturated carbocycles. The Bertz CT molecular complexity index is 1320. The van der Waals surface area contributed by atoms with Crippen LogP contribution in [-0.2, 0) is 25.6 Å². The van der Waals surface area contributed by atoms with Crippen molar-refractivity contribution in [3.05, 3.63) is 105 Å². The molecule has 0 aliphatic carbocycles. The van der Waals surface area contributed by atoms with Crippen LogP contribution in [0.2, 0.25) is 0 Å². The predicted octanol–water partition coefficient (Wildman–Crippen LogP) is 3.97. The van der Waals surface area contributed by atoms with Crippen LogP contribution in [0.5, 0.6) is 0 Å². The van der Waals surface area contributed by atoms with Gasteiger partial charge in [-0.05, 0) is 70.2 Å². The Morgan fingerprint density at radius 2 is 1.19 bits per heavy atom. The number of benzene rings is 3. The quantitative estimate of drug-likeness (QED) is 0.121. The Labute approximate surface area is 272 Å². The fraction of sp³-hybridized carbons (Fsp3) is 0.333. The summed E-state index contributed by atoms with van der Waals surface area (Å²) in [5.74, 6) is -2.43. The normalized spacial score (nSPS) is 13.2. The first-order chi connectivity index (χ1) is 20.6. The van der Waals surface area contributed by atoms with E-state index in [-0.39, 0.29) is 24.0 Å². The maximum absolute atomic E-state index is 13.9. The summed E-state index contributed by atoms with van der Waals surface area (Å²) >= 11 is 6.31. The van der Waals surface area contributed by atoms with Gasteiger partial charge >= 0.3 is 0 Å². The minimum atomic E-state index is -1.02. The van der Waals surface area contributed by atoms with Crippen LogP contribution in [0.15, 0.2) is 84.9 Å². The van der Waals surface area contributed by atoms with Gasteiger partial charge in [0.1, 0.15) is 18.1 Å². The predicted molar refractivity (Wildman–Crippen MR) is 181 cm³/mol. The van der Waals surface area contributed by atoms with Crippen molar-refractivity contribution in [2.24, 2.45) is 11.7 Å². The van der Waals surface area contributed by atoms with E-state index in [2.05, 4.69) is 51.2 Å². The van der Waals surface area contributed by atoms with Gasteiger partial charge in [-0.25, -0.2) is 0 Å². The first-order valence-corrected chi connectivity index (χ1v) is 16.0. The second-order valence-electron chi connectivity index (χ2n) is 10.8. The molecule has 0 radical (unpaired) electrons. The van der Waals surface area contributed by atoms with Crippen LogP contribution in [-0.4, -0.2) is 47.5 Å². The monoisotopic (exact) mass is 714 g/mol. The highest BCUT2D eigenvalue weighted by atomic mass is 127. The molecule has 0 aliphatic rings. The molecule has 3 atom stereocenters. The van der Waals surface area contributed by atoms with E-state index >= 15 is 0 Å². The Kier molecular flexibility index (Phi) is 13.5. The van der Waals surface area contributed by atoms with Crippen molar-refractivity contribution in [1.29, 1.82) is 0 Å². The summed E-state index contributed by atoms with van der Waals surface area (Å²) in [4.78, 5) is 52.9. The zero-order chi connectivity index (χ0) is 31.4. The molecule has 4 amide bonds. The number of hydrogen-bond donors (Lipinski definition) is 5. The molecule has 3 aromatic carbocycles. The molecule has 43 heavy (non-hydrogen) atoms. The zero-order valence-electron chi connectivity index (χ0n) is 24.3. The molecule has 0 saturated heterocycles. The van der Waals surface area contributed by atoms with E-state index in [9.17, 15) is 19.2 Å².